The molecule has 1 aromatic carbocycles. The summed E-state index contributed by atoms with van der Waals surface area (Å²) in [7, 11) is 3.06. The summed E-state index contributed by atoms with van der Waals surface area (Å²) in [4.78, 5) is 30.2. The van der Waals surface area contributed by atoms with Crippen LogP contribution in [0.5, 0.6) is 0 Å². The van der Waals surface area contributed by atoms with Crippen LogP contribution in [0.25, 0.3) is 11.3 Å². The van der Waals surface area contributed by atoms with Gasteiger partial charge in [-0.3, -0.25) is 4.90 Å². The highest BCUT2D eigenvalue weighted by molar-refractivity contribution is 5.90. The zero-order valence-electron chi connectivity index (χ0n) is 18.2. The van der Waals surface area contributed by atoms with Gasteiger partial charge in [-0.2, -0.15) is 0 Å². The van der Waals surface area contributed by atoms with Crippen molar-refractivity contribution in [3.8, 4) is 11.3 Å². The molecule has 2 rings (SSSR count). The number of pyridine rings is 1. The van der Waals surface area contributed by atoms with Crippen LogP contribution in [-0.2, 0) is 20.7 Å². The number of unbranched alkanes of at least 4 members (excludes halogenated alkanes) is 1. The minimum absolute atomic E-state index is 0.173. The van der Waals surface area contributed by atoms with Gasteiger partial charge in [-0.1, -0.05) is 43.7 Å². The molecule has 7 heteroatoms. The Labute approximate surface area is 178 Å². The lowest BCUT2D eigenvalue weighted by atomic mass is 10.0. The number of ether oxygens (including phenoxy) is 2. The number of hydrogen-bond acceptors (Lipinski definition) is 5. The molecule has 2 amide bonds. The zero-order valence-corrected chi connectivity index (χ0v) is 18.2. The number of carbonyl (C=O) groups excluding carboxylic acids is 2. The monoisotopic (exact) mass is 413 g/mol. The fourth-order valence-corrected chi connectivity index (χ4v) is 2.93. The lowest BCUT2D eigenvalue weighted by Crippen LogP contribution is -2.38. The average Bonchev–Trinajstić information content (AvgIpc) is 2.78. The van der Waals surface area contributed by atoms with Crippen LogP contribution >= 0.6 is 0 Å². The summed E-state index contributed by atoms with van der Waals surface area (Å²) in [5, 5.41) is 2.89. The second kappa shape index (κ2) is 11.9. The fourth-order valence-electron chi connectivity index (χ4n) is 2.93. The predicted molar refractivity (Wildman–Crippen MR) is 118 cm³/mol. The van der Waals surface area contributed by atoms with Gasteiger partial charge in [0.15, 0.2) is 6.10 Å². The first-order valence-corrected chi connectivity index (χ1v) is 10.3. The van der Waals surface area contributed by atoms with Gasteiger partial charge in [-0.25, -0.2) is 14.6 Å². The molecule has 1 atom stereocenters. The Kier molecular flexibility index (Phi) is 9.28. The number of rotatable bonds is 10. The molecule has 0 bridgehead atoms. The number of nitrogens with zero attached hydrogens (tertiary/aromatic N) is 2. The number of esters is 1. The molecule has 0 radical (unpaired) electrons. The van der Waals surface area contributed by atoms with Crippen molar-refractivity contribution in [2.75, 3.05) is 32.2 Å². The molecule has 0 fully saturated rings. The number of benzene rings is 1. The molecule has 7 nitrogen and oxygen atoms in total. The first-order chi connectivity index (χ1) is 14.5. The maximum Gasteiger partial charge on any atom is 0.335 e. The van der Waals surface area contributed by atoms with E-state index in [1.165, 1.54) is 12.0 Å². The number of hydrogen-bond donors (Lipinski definition) is 1. The molecule has 1 heterocycles. The second-order valence-electron chi connectivity index (χ2n) is 6.89. The second-order valence-corrected chi connectivity index (χ2v) is 6.89. The van der Waals surface area contributed by atoms with Crippen LogP contribution in [0.1, 0.15) is 32.3 Å². The molecule has 0 aliphatic carbocycles. The van der Waals surface area contributed by atoms with Crippen molar-refractivity contribution in [3.05, 3.63) is 48.0 Å². The summed E-state index contributed by atoms with van der Waals surface area (Å²) in [5.74, 6) is 0.197. The van der Waals surface area contributed by atoms with Crippen LogP contribution in [0.4, 0.5) is 10.6 Å². The van der Waals surface area contributed by atoms with E-state index in [-0.39, 0.29) is 12.0 Å². The minimum Gasteiger partial charge on any atom is -0.467 e. The molecular weight excluding hydrogens is 382 g/mol. The summed E-state index contributed by atoms with van der Waals surface area (Å²) < 4.78 is 10.3. The highest BCUT2D eigenvalue weighted by atomic mass is 16.6. The van der Waals surface area contributed by atoms with Gasteiger partial charge in [-0.15, -0.1) is 0 Å². The van der Waals surface area contributed by atoms with Crippen molar-refractivity contribution in [2.45, 2.75) is 39.2 Å². The van der Waals surface area contributed by atoms with Crippen LogP contribution in [-0.4, -0.2) is 50.4 Å². The quantitative estimate of drug-likeness (QED) is 0.473. The van der Waals surface area contributed by atoms with Gasteiger partial charge < -0.3 is 14.8 Å². The molecule has 162 valence electrons. The molecule has 30 heavy (non-hydrogen) atoms. The molecular formula is C23H31N3O4. The minimum atomic E-state index is -0.618. The Balaban J connectivity index is 2.10. The smallest absolute Gasteiger partial charge is 0.335 e. The Hall–Kier alpha value is -2.93. The van der Waals surface area contributed by atoms with E-state index in [0.717, 1.165) is 29.7 Å². The number of amides is 2. The van der Waals surface area contributed by atoms with Crippen LogP contribution in [0.3, 0.4) is 0 Å². The molecule has 0 saturated heterocycles. The molecule has 0 spiro atoms. The molecule has 0 unspecified atom stereocenters. The summed E-state index contributed by atoms with van der Waals surface area (Å²) >= 11 is 0. The normalized spacial score (nSPS) is 11.6. The van der Waals surface area contributed by atoms with E-state index >= 15 is 0 Å². The summed E-state index contributed by atoms with van der Waals surface area (Å²) in [5.41, 5.74) is 2.65. The molecule has 0 aliphatic rings. The van der Waals surface area contributed by atoms with Gasteiger partial charge >= 0.3 is 12.0 Å². The van der Waals surface area contributed by atoms with E-state index < -0.39 is 6.10 Å². The molecule has 1 aromatic heterocycles. The topological polar surface area (TPSA) is 80.8 Å². The summed E-state index contributed by atoms with van der Waals surface area (Å²) in [6.45, 7) is 5.01. The van der Waals surface area contributed by atoms with Crippen molar-refractivity contribution >= 4 is 17.8 Å². The third-order valence-electron chi connectivity index (χ3n) is 4.69. The van der Waals surface area contributed by atoms with E-state index in [1.807, 2.05) is 43.3 Å². The number of urea groups is 1. The highest BCUT2D eigenvalue weighted by Crippen LogP contribution is 2.21. The number of carbonyl (C=O) groups is 2. The summed E-state index contributed by atoms with van der Waals surface area (Å²) in [6.07, 6.45) is 1.79. The third kappa shape index (κ3) is 6.56. The highest BCUT2D eigenvalue weighted by Gasteiger charge is 2.20. The van der Waals surface area contributed by atoms with Crippen molar-refractivity contribution < 1.29 is 19.1 Å². The average molecular weight is 414 g/mol. The first-order valence-electron chi connectivity index (χ1n) is 10.3. The van der Waals surface area contributed by atoms with Gasteiger partial charge in [-0.05, 0) is 31.0 Å². The summed E-state index contributed by atoms with van der Waals surface area (Å²) in [6, 6.07) is 13.2. The predicted octanol–water partition coefficient (Wildman–Crippen LogP) is 3.82. The number of methoxy groups -OCH3 is 1. The standard InChI is InChI=1S/C23H31N3O4/c1-5-7-15-24-23(28)26(3)21-10-8-9-19(25-21)18-13-11-17(12-14-18)16-20(30-6-2)22(27)29-4/h8-14,20H,5-7,15-16H2,1-4H3,(H,24,28)/t20-/m0/s1. The SMILES string of the molecule is CCCCNC(=O)N(C)c1cccc(-c2ccc(C[C@H](OCC)C(=O)OC)cc2)n1. The number of anilines is 1. The van der Waals surface area contributed by atoms with Crippen LogP contribution in [0.15, 0.2) is 42.5 Å². The van der Waals surface area contributed by atoms with Gasteiger partial charge in [0, 0.05) is 32.2 Å². The molecule has 0 saturated carbocycles. The van der Waals surface area contributed by atoms with Crippen LogP contribution in [0, 0.1) is 0 Å². The number of aromatic nitrogens is 1. The molecule has 2 aromatic rings. The van der Waals surface area contributed by atoms with E-state index in [1.54, 1.807) is 13.1 Å². The lowest BCUT2D eigenvalue weighted by Gasteiger charge is -2.18. The largest absolute Gasteiger partial charge is 0.467 e. The van der Waals surface area contributed by atoms with Crippen LogP contribution in [0.2, 0.25) is 0 Å². The fraction of sp³-hybridized carbons (Fsp3) is 0.435. The van der Waals surface area contributed by atoms with Gasteiger partial charge in [0.25, 0.3) is 0 Å². The Morgan fingerprint density at radius 2 is 1.87 bits per heavy atom. The van der Waals surface area contributed by atoms with Gasteiger partial charge in [0.05, 0.1) is 12.8 Å². The third-order valence-corrected chi connectivity index (χ3v) is 4.69. The zero-order chi connectivity index (χ0) is 21.9. The Bertz CT molecular complexity index is 823. The van der Waals surface area contributed by atoms with Crippen molar-refractivity contribution in [1.29, 1.82) is 0 Å². The van der Waals surface area contributed by atoms with Crippen molar-refractivity contribution in [2.24, 2.45) is 0 Å². The van der Waals surface area contributed by atoms with E-state index in [4.69, 9.17) is 9.47 Å². The van der Waals surface area contributed by atoms with Gasteiger partial charge in [0.2, 0.25) is 0 Å². The number of nitrogens with one attached hydrogen (secondary N) is 1. The lowest BCUT2D eigenvalue weighted by molar-refractivity contribution is -0.153. The van der Waals surface area contributed by atoms with E-state index in [2.05, 4.69) is 17.2 Å². The Morgan fingerprint density at radius 1 is 1.13 bits per heavy atom. The van der Waals surface area contributed by atoms with E-state index in [0.29, 0.717) is 25.4 Å². The first kappa shape index (κ1) is 23.3. The Morgan fingerprint density at radius 3 is 2.50 bits per heavy atom. The van der Waals surface area contributed by atoms with Crippen molar-refractivity contribution in [1.82, 2.24) is 10.3 Å². The van der Waals surface area contributed by atoms with Crippen LogP contribution < -0.4 is 10.2 Å². The van der Waals surface area contributed by atoms with Gasteiger partial charge in [0.1, 0.15) is 5.82 Å². The molecule has 1 N–H and O–H groups in total. The van der Waals surface area contributed by atoms with Crippen molar-refractivity contribution in [3.63, 3.8) is 0 Å². The van der Waals surface area contributed by atoms with E-state index in [9.17, 15) is 9.59 Å². The maximum absolute atomic E-state index is 12.3. The maximum atomic E-state index is 12.3. The molecule has 0 aliphatic heterocycles.